The summed E-state index contributed by atoms with van der Waals surface area (Å²) in [6, 6.07) is 15.8. The van der Waals surface area contributed by atoms with Crippen LogP contribution in [0.5, 0.6) is 5.75 Å². The molecule has 0 aliphatic carbocycles. The normalized spacial score (nSPS) is 11.6. The monoisotopic (exact) mass is 312 g/mol. The van der Waals surface area contributed by atoms with Crippen LogP contribution in [0.15, 0.2) is 48.5 Å². The molecule has 23 heavy (non-hydrogen) atoms. The van der Waals surface area contributed by atoms with E-state index in [1.807, 2.05) is 24.3 Å². The number of benzene rings is 2. The number of urea groups is 1. The van der Waals surface area contributed by atoms with Crippen LogP contribution in [0.4, 0.5) is 4.79 Å². The second-order valence-corrected chi connectivity index (χ2v) is 5.55. The molecule has 0 aliphatic rings. The number of ether oxygens (including phenoxy) is 1. The summed E-state index contributed by atoms with van der Waals surface area (Å²) in [4.78, 5) is 12.1. The van der Waals surface area contributed by atoms with Gasteiger partial charge in [-0.1, -0.05) is 48.9 Å². The van der Waals surface area contributed by atoms with Gasteiger partial charge in [0.2, 0.25) is 0 Å². The zero-order valence-electron chi connectivity index (χ0n) is 13.9. The van der Waals surface area contributed by atoms with Crippen LogP contribution >= 0.6 is 0 Å². The number of methoxy groups -OCH3 is 1. The van der Waals surface area contributed by atoms with E-state index in [2.05, 4.69) is 48.7 Å². The summed E-state index contributed by atoms with van der Waals surface area (Å²) in [6.07, 6.45) is 0.843. The Labute approximate surface area is 137 Å². The van der Waals surface area contributed by atoms with Gasteiger partial charge in [0.15, 0.2) is 0 Å². The molecular formula is C19H24N2O2. The Bertz CT molecular complexity index is 638. The third-order valence-corrected chi connectivity index (χ3v) is 3.78. The first-order valence-electron chi connectivity index (χ1n) is 7.86. The molecule has 0 radical (unpaired) electrons. The maximum atomic E-state index is 12.1. The topological polar surface area (TPSA) is 50.4 Å². The molecule has 2 N–H and O–H groups in total. The largest absolute Gasteiger partial charge is 0.497 e. The quantitative estimate of drug-likeness (QED) is 0.848. The first-order chi connectivity index (χ1) is 11.1. The third kappa shape index (κ3) is 5.02. The van der Waals surface area contributed by atoms with Gasteiger partial charge in [-0.05, 0) is 36.6 Å². The molecular weight excluding hydrogens is 288 g/mol. The van der Waals surface area contributed by atoms with Crippen molar-refractivity contribution < 1.29 is 9.53 Å². The van der Waals surface area contributed by atoms with Crippen LogP contribution in [0.1, 0.15) is 36.1 Å². The molecule has 0 fully saturated rings. The summed E-state index contributed by atoms with van der Waals surface area (Å²) in [6.45, 7) is 4.58. The Morgan fingerprint density at radius 1 is 1.17 bits per heavy atom. The first-order valence-corrected chi connectivity index (χ1v) is 7.86. The van der Waals surface area contributed by atoms with Crippen molar-refractivity contribution in [1.82, 2.24) is 10.6 Å². The highest BCUT2D eigenvalue weighted by Gasteiger charge is 2.12. The molecule has 0 saturated carbocycles. The van der Waals surface area contributed by atoms with Crippen molar-refractivity contribution in [2.75, 3.05) is 7.11 Å². The summed E-state index contributed by atoms with van der Waals surface area (Å²) in [5.74, 6) is 0.788. The standard InChI is InChI=1S/C19H24N2O2/c1-4-18(16-10-8-14(2)9-11-16)21-19(22)20-13-15-6-5-7-17(12-15)23-3/h5-12,18H,4,13H2,1-3H3,(H2,20,21,22)/t18-/m1/s1. The lowest BCUT2D eigenvalue weighted by molar-refractivity contribution is 0.236. The number of nitrogens with one attached hydrogen (secondary N) is 2. The molecule has 0 heterocycles. The molecule has 2 aromatic carbocycles. The molecule has 2 amide bonds. The molecule has 2 aromatic rings. The average molecular weight is 312 g/mol. The Kier molecular flexibility index (Phi) is 6.03. The Balaban J connectivity index is 1.90. The van der Waals surface area contributed by atoms with Crippen molar-refractivity contribution in [3.8, 4) is 5.75 Å². The van der Waals surface area contributed by atoms with Crippen LogP contribution in [0, 0.1) is 6.92 Å². The minimum absolute atomic E-state index is 0.0147. The van der Waals surface area contributed by atoms with E-state index in [9.17, 15) is 4.79 Å². The summed E-state index contributed by atoms with van der Waals surface area (Å²) in [5, 5.41) is 5.91. The van der Waals surface area contributed by atoms with Gasteiger partial charge >= 0.3 is 6.03 Å². The van der Waals surface area contributed by atoms with Crippen molar-refractivity contribution in [1.29, 1.82) is 0 Å². The highest BCUT2D eigenvalue weighted by molar-refractivity contribution is 5.74. The zero-order chi connectivity index (χ0) is 16.7. The molecule has 1 atom stereocenters. The number of aryl methyl sites for hydroxylation is 1. The number of carbonyl (C=O) groups is 1. The molecule has 0 bridgehead atoms. The minimum atomic E-state index is -0.166. The smallest absolute Gasteiger partial charge is 0.315 e. The maximum Gasteiger partial charge on any atom is 0.315 e. The Hall–Kier alpha value is -2.49. The predicted octanol–water partition coefficient (Wildman–Crippen LogP) is 3.95. The van der Waals surface area contributed by atoms with Crippen molar-refractivity contribution in [2.24, 2.45) is 0 Å². The fraction of sp³-hybridized carbons (Fsp3) is 0.316. The van der Waals surface area contributed by atoms with Crippen LogP contribution in [0.25, 0.3) is 0 Å². The number of amides is 2. The molecule has 4 heteroatoms. The first kappa shape index (κ1) is 16.9. The second-order valence-electron chi connectivity index (χ2n) is 5.55. The van der Waals surface area contributed by atoms with Crippen LogP contribution in [-0.2, 0) is 6.54 Å². The highest BCUT2D eigenvalue weighted by atomic mass is 16.5. The minimum Gasteiger partial charge on any atom is -0.497 e. The van der Waals surface area contributed by atoms with Gasteiger partial charge in [0.25, 0.3) is 0 Å². The summed E-state index contributed by atoms with van der Waals surface area (Å²) in [7, 11) is 1.63. The molecule has 0 unspecified atom stereocenters. The zero-order valence-corrected chi connectivity index (χ0v) is 13.9. The summed E-state index contributed by atoms with van der Waals surface area (Å²) in [5.41, 5.74) is 3.34. The van der Waals surface area contributed by atoms with E-state index in [-0.39, 0.29) is 12.1 Å². The SMILES string of the molecule is CC[C@@H](NC(=O)NCc1cccc(OC)c1)c1ccc(C)cc1. The van der Waals surface area contributed by atoms with Gasteiger partial charge in [0.05, 0.1) is 13.2 Å². The van der Waals surface area contributed by atoms with E-state index >= 15 is 0 Å². The highest BCUT2D eigenvalue weighted by Crippen LogP contribution is 2.17. The van der Waals surface area contributed by atoms with E-state index in [1.165, 1.54) is 5.56 Å². The summed E-state index contributed by atoms with van der Waals surface area (Å²) >= 11 is 0. The van der Waals surface area contributed by atoms with Crippen molar-refractivity contribution in [3.63, 3.8) is 0 Å². The summed E-state index contributed by atoms with van der Waals surface area (Å²) < 4.78 is 5.18. The van der Waals surface area contributed by atoms with Crippen molar-refractivity contribution in [2.45, 2.75) is 32.9 Å². The Morgan fingerprint density at radius 3 is 2.57 bits per heavy atom. The molecule has 4 nitrogen and oxygen atoms in total. The van der Waals surface area contributed by atoms with E-state index in [0.717, 1.165) is 23.3 Å². The molecule has 122 valence electrons. The van der Waals surface area contributed by atoms with E-state index in [0.29, 0.717) is 6.54 Å². The van der Waals surface area contributed by atoms with Crippen LogP contribution in [0.3, 0.4) is 0 Å². The van der Waals surface area contributed by atoms with Gasteiger partial charge in [0.1, 0.15) is 5.75 Å². The van der Waals surface area contributed by atoms with Gasteiger partial charge in [-0.15, -0.1) is 0 Å². The number of hydrogen-bond donors (Lipinski definition) is 2. The molecule has 0 aliphatic heterocycles. The third-order valence-electron chi connectivity index (χ3n) is 3.78. The fourth-order valence-electron chi connectivity index (χ4n) is 2.39. The average Bonchev–Trinajstić information content (AvgIpc) is 2.59. The lowest BCUT2D eigenvalue weighted by atomic mass is 10.0. The van der Waals surface area contributed by atoms with Crippen molar-refractivity contribution >= 4 is 6.03 Å². The maximum absolute atomic E-state index is 12.1. The fourth-order valence-corrected chi connectivity index (χ4v) is 2.39. The van der Waals surface area contributed by atoms with Crippen LogP contribution < -0.4 is 15.4 Å². The van der Waals surface area contributed by atoms with E-state index in [4.69, 9.17) is 4.74 Å². The van der Waals surface area contributed by atoms with Gasteiger partial charge in [-0.2, -0.15) is 0 Å². The molecule has 0 spiro atoms. The van der Waals surface area contributed by atoms with Gasteiger partial charge < -0.3 is 15.4 Å². The van der Waals surface area contributed by atoms with E-state index < -0.39 is 0 Å². The Morgan fingerprint density at radius 2 is 1.91 bits per heavy atom. The van der Waals surface area contributed by atoms with Crippen LogP contribution in [0.2, 0.25) is 0 Å². The molecule has 2 rings (SSSR count). The number of carbonyl (C=O) groups excluding carboxylic acids is 1. The van der Waals surface area contributed by atoms with Crippen LogP contribution in [-0.4, -0.2) is 13.1 Å². The van der Waals surface area contributed by atoms with Gasteiger partial charge in [-0.25, -0.2) is 4.79 Å². The lowest BCUT2D eigenvalue weighted by Gasteiger charge is -2.18. The lowest BCUT2D eigenvalue weighted by Crippen LogP contribution is -2.37. The second kappa shape index (κ2) is 8.22. The van der Waals surface area contributed by atoms with E-state index in [1.54, 1.807) is 7.11 Å². The molecule has 0 aromatic heterocycles. The number of rotatable bonds is 6. The van der Waals surface area contributed by atoms with Crippen molar-refractivity contribution in [3.05, 3.63) is 65.2 Å². The van der Waals surface area contributed by atoms with Gasteiger partial charge in [-0.3, -0.25) is 0 Å². The van der Waals surface area contributed by atoms with Gasteiger partial charge in [0, 0.05) is 6.54 Å². The molecule has 0 saturated heterocycles. The predicted molar refractivity (Wildman–Crippen MR) is 92.6 cm³/mol. The number of hydrogen-bond acceptors (Lipinski definition) is 2.